The van der Waals surface area contributed by atoms with Crippen LogP contribution in [-0.4, -0.2) is 37.6 Å². The van der Waals surface area contributed by atoms with Gasteiger partial charge in [0, 0.05) is 20.3 Å². The summed E-state index contributed by atoms with van der Waals surface area (Å²) in [6.07, 6.45) is 0.823. The van der Waals surface area contributed by atoms with Gasteiger partial charge in [-0.1, -0.05) is 13.8 Å². The van der Waals surface area contributed by atoms with E-state index in [-0.39, 0.29) is 5.41 Å². The maximum absolute atomic E-state index is 11.3. The van der Waals surface area contributed by atoms with Crippen LogP contribution in [-0.2, 0) is 9.53 Å². The van der Waals surface area contributed by atoms with Crippen molar-refractivity contribution in [2.24, 2.45) is 5.41 Å². The number of hydrogen-bond donors (Lipinski definition) is 2. The highest BCUT2D eigenvalue weighted by molar-refractivity contribution is 6.31. The van der Waals surface area contributed by atoms with Crippen LogP contribution in [0.25, 0.3) is 0 Å². The van der Waals surface area contributed by atoms with Crippen molar-refractivity contribution >= 4 is 23.5 Å². The molecule has 0 rings (SSSR count). The first-order valence-electron chi connectivity index (χ1n) is 5.50. The number of alkyl halides is 1. The van der Waals surface area contributed by atoms with E-state index in [2.05, 4.69) is 10.6 Å². The first-order valence-corrected chi connectivity index (χ1v) is 5.94. The molecule has 0 aliphatic heterocycles. The Morgan fingerprint density at radius 3 is 2.47 bits per heavy atom. The number of halogens is 1. The zero-order valence-electron chi connectivity index (χ0n) is 10.8. The number of nitrogens with one attached hydrogen (secondary N) is 2. The van der Waals surface area contributed by atoms with Crippen LogP contribution in [0.4, 0.5) is 4.79 Å². The molecule has 6 heteroatoms. The average molecular weight is 265 g/mol. The van der Waals surface area contributed by atoms with Gasteiger partial charge in [-0.15, -0.1) is 11.6 Å². The van der Waals surface area contributed by atoms with Crippen LogP contribution in [0.15, 0.2) is 0 Å². The number of ether oxygens (including phenoxy) is 1. The van der Waals surface area contributed by atoms with Gasteiger partial charge in [0.25, 0.3) is 0 Å². The highest BCUT2D eigenvalue weighted by Crippen LogP contribution is 2.18. The van der Waals surface area contributed by atoms with E-state index in [0.29, 0.717) is 13.2 Å². The molecule has 0 heterocycles. The second kappa shape index (κ2) is 7.50. The lowest BCUT2D eigenvalue weighted by Gasteiger charge is -2.24. The Balaban J connectivity index is 3.94. The maximum Gasteiger partial charge on any atom is 0.321 e. The van der Waals surface area contributed by atoms with Crippen molar-refractivity contribution in [3.8, 4) is 0 Å². The van der Waals surface area contributed by atoms with Crippen LogP contribution < -0.4 is 10.6 Å². The van der Waals surface area contributed by atoms with Crippen molar-refractivity contribution in [2.45, 2.75) is 32.6 Å². The van der Waals surface area contributed by atoms with Gasteiger partial charge >= 0.3 is 6.03 Å². The first-order chi connectivity index (χ1) is 7.78. The molecule has 0 aromatic heterocycles. The zero-order chi connectivity index (χ0) is 13.5. The van der Waals surface area contributed by atoms with Crippen molar-refractivity contribution in [3.05, 3.63) is 0 Å². The van der Waals surface area contributed by atoms with Gasteiger partial charge in [0.1, 0.15) is 5.38 Å². The van der Waals surface area contributed by atoms with Gasteiger partial charge in [0.05, 0.1) is 0 Å². The van der Waals surface area contributed by atoms with Gasteiger partial charge in [-0.25, -0.2) is 4.79 Å². The number of amides is 3. The Hall–Kier alpha value is -0.810. The molecule has 0 bridgehead atoms. The first kappa shape index (κ1) is 16.2. The smallest absolute Gasteiger partial charge is 0.321 e. The van der Waals surface area contributed by atoms with Crippen LogP contribution in [0.2, 0.25) is 0 Å². The molecule has 1 atom stereocenters. The summed E-state index contributed by atoms with van der Waals surface area (Å²) < 4.78 is 4.98. The fourth-order valence-electron chi connectivity index (χ4n) is 1.04. The Bertz CT molecular complexity index is 267. The summed E-state index contributed by atoms with van der Waals surface area (Å²) >= 11 is 5.52. The maximum atomic E-state index is 11.3. The van der Waals surface area contributed by atoms with Crippen LogP contribution in [0.5, 0.6) is 0 Å². The minimum Gasteiger partial charge on any atom is -0.385 e. The predicted octanol–water partition coefficient (Wildman–Crippen LogP) is 1.50. The third-order valence-electron chi connectivity index (χ3n) is 2.31. The van der Waals surface area contributed by atoms with Crippen LogP contribution in [0.3, 0.4) is 0 Å². The summed E-state index contributed by atoms with van der Waals surface area (Å²) in [6.45, 7) is 6.63. The molecule has 1 unspecified atom stereocenters. The van der Waals surface area contributed by atoms with Gasteiger partial charge in [-0.05, 0) is 18.8 Å². The van der Waals surface area contributed by atoms with E-state index in [1.165, 1.54) is 6.92 Å². The molecule has 5 nitrogen and oxygen atoms in total. The predicted molar refractivity (Wildman–Crippen MR) is 67.1 cm³/mol. The lowest BCUT2D eigenvalue weighted by Crippen LogP contribution is -2.45. The van der Waals surface area contributed by atoms with Gasteiger partial charge in [0.2, 0.25) is 5.91 Å². The lowest BCUT2D eigenvalue weighted by atomic mass is 9.90. The largest absolute Gasteiger partial charge is 0.385 e. The van der Waals surface area contributed by atoms with E-state index in [1.54, 1.807) is 7.11 Å². The molecule has 0 aliphatic rings. The van der Waals surface area contributed by atoms with E-state index in [0.717, 1.165) is 6.42 Å². The molecule has 0 fully saturated rings. The number of carbonyl (C=O) groups excluding carboxylic acids is 2. The molecule has 3 amide bonds. The topological polar surface area (TPSA) is 67.4 Å². The Kier molecular flexibility index (Phi) is 7.15. The number of methoxy groups -OCH3 is 1. The highest BCUT2D eigenvalue weighted by Gasteiger charge is 2.19. The summed E-state index contributed by atoms with van der Waals surface area (Å²) in [5.41, 5.74) is -0.0804. The lowest BCUT2D eigenvalue weighted by molar-refractivity contribution is -0.119. The molecule has 17 heavy (non-hydrogen) atoms. The molecule has 0 aromatic rings. The van der Waals surface area contributed by atoms with Crippen molar-refractivity contribution in [1.82, 2.24) is 10.6 Å². The van der Waals surface area contributed by atoms with Gasteiger partial charge in [0.15, 0.2) is 0 Å². The van der Waals surface area contributed by atoms with Gasteiger partial charge < -0.3 is 10.1 Å². The fourth-order valence-corrected chi connectivity index (χ4v) is 1.10. The van der Waals surface area contributed by atoms with Crippen LogP contribution in [0, 0.1) is 5.41 Å². The van der Waals surface area contributed by atoms with Crippen molar-refractivity contribution in [3.63, 3.8) is 0 Å². The third-order valence-corrected chi connectivity index (χ3v) is 2.51. The number of rotatable bonds is 6. The van der Waals surface area contributed by atoms with E-state index in [9.17, 15) is 9.59 Å². The normalized spacial score (nSPS) is 13.0. The molecule has 0 aromatic carbocycles. The second-order valence-electron chi connectivity index (χ2n) is 4.69. The quantitative estimate of drug-likeness (QED) is 0.715. The molecule has 0 saturated carbocycles. The van der Waals surface area contributed by atoms with E-state index in [4.69, 9.17) is 16.3 Å². The van der Waals surface area contributed by atoms with Gasteiger partial charge in [-0.2, -0.15) is 0 Å². The highest BCUT2D eigenvalue weighted by atomic mass is 35.5. The second-order valence-corrected chi connectivity index (χ2v) is 5.35. The zero-order valence-corrected chi connectivity index (χ0v) is 11.6. The SMILES string of the molecule is COCCC(C)(C)CNC(=O)NC(=O)C(C)Cl. The molecular weight excluding hydrogens is 244 g/mol. The molecule has 100 valence electrons. The summed E-state index contributed by atoms with van der Waals surface area (Å²) in [5, 5.41) is 4.07. The molecule has 0 spiro atoms. The number of hydrogen-bond acceptors (Lipinski definition) is 3. The molecule has 2 N–H and O–H groups in total. The monoisotopic (exact) mass is 264 g/mol. The van der Waals surface area contributed by atoms with E-state index >= 15 is 0 Å². The molecule has 0 saturated heterocycles. The van der Waals surface area contributed by atoms with E-state index in [1.807, 2.05) is 13.8 Å². The third kappa shape index (κ3) is 7.99. The molecular formula is C11H21ClN2O3. The van der Waals surface area contributed by atoms with E-state index < -0.39 is 17.3 Å². The van der Waals surface area contributed by atoms with Crippen LogP contribution >= 0.6 is 11.6 Å². The van der Waals surface area contributed by atoms with Crippen molar-refractivity contribution in [2.75, 3.05) is 20.3 Å². The van der Waals surface area contributed by atoms with Gasteiger partial charge in [-0.3, -0.25) is 10.1 Å². The summed E-state index contributed by atoms with van der Waals surface area (Å²) in [7, 11) is 1.64. The Labute approximate surface area is 107 Å². The molecule has 0 radical (unpaired) electrons. The Morgan fingerprint density at radius 2 is 2.00 bits per heavy atom. The number of imide groups is 1. The summed E-state index contributed by atoms with van der Waals surface area (Å²) in [6, 6.07) is -0.520. The molecule has 0 aliphatic carbocycles. The van der Waals surface area contributed by atoms with Crippen molar-refractivity contribution in [1.29, 1.82) is 0 Å². The van der Waals surface area contributed by atoms with Crippen molar-refractivity contribution < 1.29 is 14.3 Å². The minimum atomic E-state index is -0.720. The van der Waals surface area contributed by atoms with Crippen LogP contribution in [0.1, 0.15) is 27.2 Å². The number of carbonyl (C=O) groups is 2. The average Bonchev–Trinajstić information content (AvgIpc) is 2.24. The standard InChI is InChI=1S/C11H21ClN2O3/c1-8(12)9(15)14-10(16)13-7-11(2,3)5-6-17-4/h8H,5-7H2,1-4H3,(H2,13,14,15,16). The summed E-state index contributed by atoms with van der Waals surface area (Å²) in [4.78, 5) is 22.5. The Morgan fingerprint density at radius 1 is 1.41 bits per heavy atom. The number of urea groups is 1. The minimum absolute atomic E-state index is 0.0804. The fraction of sp³-hybridized carbons (Fsp3) is 0.818. The summed E-state index contributed by atoms with van der Waals surface area (Å²) in [5.74, 6) is -0.501.